The highest BCUT2D eigenvalue weighted by atomic mass is 16.5. The van der Waals surface area contributed by atoms with E-state index in [1.165, 1.54) is 6.92 Å². The van der Waals surface area contributed by atoms with Gasteiger partial charge in [-0.1, -0.05) is 0 Å². The summed E-state index contributed by atoms with van der Waals surface area (Å²) < 4.78 is 4.86. The summed E-state index contributed by atoms with van der Waals surface area (Å²) in [6, 6.07) is 0. The number of aliphatic imine (C=N–C) groups is 1. The number of carbonyl (C=O) groups excluding carboxylic acids is 1. The molecule has 0 fully saturated rings. The summed E-state index contributed by atoms with van der Waals surface area (Å²) in [6.45, 7) is 4.86. The second-order valence-electron chi connectivity index (χ2n) is 3.31. The third-order valence-electron chi connectivity index (χ3n) is 2.12. The SMILES string of the molecule is CCOC(=O)/C(C1=NCCN1C)=C(\C)O. The number of nitrogens with zero attached hydrogens (tertiary/aromatic N) is 2. The molecule has 5 nitrogen and oxygen atoms in total. The van der Waals surface area contributed by atoms with E-state index in [9.17, 15) is 9.90 Å². The van der Waals surface area contributed by atoms with Crippen LogP contribution in [0.1, 0.15) is 13.8 Å². The first-order valence-electron chi connectivity index (χ1n) is 4.90. The average Bonchev–Trinajstić information content (AvgIpc) is 2.52. The largest absolute Gasteiger partial charge is 0.512 e. The maximum absolute atomic E-state index is 11.6. The number of rotatable bonds is 3. The molecule has 0 saturated heterocycles. The van der Waals surface area contributed by atoms with Gasteiger partial charge in [-0.25, -0.2) is 4.79 Å². The molecule has 1 N–H and O–H groups in total. The molecular weight excluding hydrogens is 196 g/mol. The Morgan fingerprint density at radius 1 is 1.67 bits per heavy atom. The highest BCUT2D eigenvalue weighted by Gasteiger charge is 2.26. The van der Waals surface area contributed by atoms with Crippen LogP contribution in [0.4, 0.5) is 0 Å². The van der Waals surface area contributed by atoms with Gasteiger partial charge in [0.1, 0.15) is 17.2 Å². The van der Waals surface area contributed by atoms with Crippen LogP contribution < -0.4 is 0 Å². The summed E-state index contributed by atoms with van der Waals surface area (Å²) in [7, 11) is 1.83. The maximum atomic E-state index is 11.6. The van der Waals surface area contributed by atoms with Crippen molar-refractivity contribution < 1.29 is 14.6 Å². The Balaban J connectivity index is 2.95. The second-order valence-corrected chi connectivity index (χ2v) is 3.31. The lowest BCUT2D eigenvalue weighted by atomic mass is 10.2. The van der Waals surface area contributed by atoms with E-state index >= 15 is 0 Å². The number of likely N-dealkylation sites (N-methyl/N-ethyl adjacent to an activating group) is 1. The molecular formula is C10H16N2O3. The predicted octanol–water partition coefficient (Wildman–Crippen LogP) is 0.725. The van der Waals surface area contributed by atoms with Gasteiger partial charge in [0.05, 0.1) is 13.2 Å². The molecule has 0 aliphatic carbocycles. The van der Waals surface area contributed by atoms with Crippen LogP contribution in [0, 0.1) is 0 Å². The van der Waals surface area contributed by atoms with Gasteiger partial charge in [-0.05, 0) is 13.8 Å². The van der Waals surface area contributed by atoms with Gasteiger partial charge in [0, 0.05) is 13.6 Å². The van der Waals surface area contributed by atoms with Crippen LogP contribution in [0.15, 0.2) is 16.3 Å². The maximum Gasteiger partial charge on any atom is 0.345 e. The van der Waals surface area contributed by atoms with Crippen molar-refractivity contribution in [3.05, 3.63) is 11.3 Å². The van der Waals surface area contributed by atoms with Crippen LogP contribution in [0.2, 0.25) is 0 Å². The van der Waals surface area contributed by atoms with Gasteiger partial charge in [-0.3, -0.25) is 4.99 Å². The molecule has 5 heteroatoms. The Morgan fingerprint density at radius 2 is 2.33 bits per heavy atom. The first-order valence-corrected chi connectivity index (χ1v) is 4.90. The van der Waals surface area contributed by atoms with Crippen LogP contribution >= 0.6 is 0 Å². The van der Waals surface area contributed by atoms with E-state index in [4.69, 9.17) is 4.74 Å². The van der Waals surface area contributed by atoms with Crippen molar-refractivity contribution in [3.63, 3.8) is 0 Å². The molecule has 1 heterocycles. The molecule has 1 rings (SSSR count). The van der Waals surface area contributed by atoms with Crippen molar-refractivity contribution in [2.75, 3.05) is 26.7 Å². The lowest BCUT2D eigenvalue weighted by Crippen LogP contribution is -2.29. The summed E-state index contributed by atoms with van der Waals surface area (Å²) in [4.78, 5) is 17.6. The van der Waals surface area contributed by atoms with Crippen molar-refractivity contribution in [2.24, 2.45) is 4.99 Å². The molecule has 1 aliphatic heterocycles. The van der Waals surface area contributed by atoms with Crippen molar-refractivity contribution in [2.45, 2.75) is 13.8 Å². The zero-order chi connectivity index (χ0) is 11.4. The monoisotopic (exact) mass is 212 g/mol. The molecule has 0 aromatic rings. The van der Waals surface area contributed by atoms with Crippen molar-refractivity contribution in [1.29, 1.82) is 0 Å². The predicted molar refractivity (Wildman–Crippen MR) is 56.9 cm³/mol. The van der Waals surface area contributed by atoms with Gasteiger partial charge in [0.15, 0.2) is 0 Å². The first kappa shape index (κ1) is 11.6. The summed E-state index contributed by atoms with van der Waals surface area (Å²) in [6.07, 6.45) is 0. The van der Waals surface area contributed by atoms with Crippen molar-refractivity contribution in [3.8, 4) is 0 Å². The number of amidine groups is 1. The molecule has 0 atom stereocenters. The molecule has 0 saturated carbocycles. The van der Waals surface area contributed by atoms with Gasteiger partial charge >= 0.3 is 5.97 Å². The summed E-state index contributed by atoms with van der Waals surface area (Å²) >= 11 is 0. The van der Waals surface area contributed by atoms with Crippen LogP contribution in [0.3, 0.4) is 0 Å². The Morgan fingerprint density at radius 3 is 2.73 bits per heavy atom. The van der Waals surface area contributed by atoms with Gasteiger partial charge in [0.25, 0.3) is 0 Å². The third-order valence-corrected chi connectivity index (χ3v) is 2.12. The average molecular weight is 212 g/mol. The zero-order valence-electron chi connectivity index (χ0n) is 9.28. The van der Waals surface area contributed by atoms with E-state index in [0.717, 1.165) is 6.54 Å². The number of allylic oxidation sites excluding steroid dienone is 1. The van der Waals surface area contributed by atoms with Crippen LogP contribution in [0.25, 0.3) is 0 Å². The summed E-state index contributed by atoms with van der Waals surface area (Å²) in [5.41, 5.74) is 0.164. The van der Waals surface area contributed by atoms with Gasteiger partial charge in [-0.15, -0.1) is 0 Å². The molecule has 0 radical (unpaired) electrons. The number of aliphatic hydroxyl groups excluding tert-OH is 1. The fourth-order valence-corrected chi connectivity index (χ4v) is 1.41. The fourth-order valence-electron chi connectivity index (χ4n) is 1.41. The molecule has 0 aromatic carbocycles. The first-order chi connectivity index (χ1) is 7.07. The molecule has 1 aliphatic rings. The summed E-state index contributed by atoms with van der Waals surface area (Å²) in [5.74, 6) is -0.0700. The standard InChI is InChI=1S/C10H16N2O3/c1-4-15-10(14)8(7(2)13)9-11-5-6-12(9)3/h13H,4-6H2,1-3H3/b8-7+. The normalized spacial score (nSPS) is 17.3. The van der Waals surface area contributed by atoms with E-state index in [0.29, 0.717) is 12.4 Å². The zero-order valence-corrected chi connectivity index (χ0v) is 9.28. The van der Waals surface area contributed by atoms with E-state index in [-0.39, 0.29) is 17.9 Å². The van der Waals surface area contributed by atoms with Crippen LogP contribution in [0.5, 0.6) is 0 Å². The molecule has 0 spiro atoms. The second kappa shape index (κ2) is 4.82. The smallest absolute Gasteiger partial charge is 0.345 e. The number of esters is 1. The Kier molecular flexibility index (Phi) is 3.71. The third kappa shape index (κ3) is 2.49. The van der Waals surface area contributed by atoms with Crippen LogP contribution in [-0.2, 0) is 9.53 Å². The van der Waals surface area contributed by atoms with Gasteiger partial charge < -0.3 is 14.7 Å². The van der Waals surface area contributed by atoms with Gasteiger partial charge in [-0.2, -0.15) is 0 Å². The minimum atomic E-state index is -0.523. The molecule has 0 aromatic heterocycles. The van der Waals surface area contributed by atoms with E-state index < -0.39 is 5.97 Å². The Hall–Kier alpha value is -1.52. The highest BCUT2D eigenvalue weighted by molar-refractivity contribution is 6.19. The number of hydrogen-bond donors (Lipinski definition) is 1. The number of hydrogen-bond acceptors (Lipinski definition) is 5. The minimum absolute atomic E-state index is 0.0547. The van der Waals surface area contributed by atoms with Gasteiger partial charge in [0.2, 0.25) is 0 Å². The lowest BCUT2D eigenvalue weighted by Gasteiger charge is -2.16. The van der Waals surface area contributed by atoms with Crippen LogP contribution in [-0.4, -0.2) is 48.6 Å². The fraction of sp³-hybridized carbons (Fsp3) is 0.600. The number of carbonyl (C=O) groups is 1. The Bertz CT molecular complexity index is 317. The molecule has 0 bridgehead atoms. The van der Waals surface area contributed by atoms with Crippen molar-refractivity contribution in [1.82, 2.24) is 4.90 Å². The molecule has 0 amide bonds. The topological polar surface area (TPSA) is 62.1 Å². The minimum Gasteiger partial charge on any atom is -0.512 e. The van der Waals surface area contributed by atoms with E-state index in [1.54, 1.807) is 6.92 Å². The molecule has 0 unspecified atom stereocenters. The molecule has 15 heavy (non-hydrogen) atoms. The highest BCUT2D eigenvalue weighted by Crippen LogP contribution is 2.13. The Labute approximate surface area is 89.1 Å². The molecule has 84 valence electrons. The number of aliphatic hydroxyl groups is 1. The van der Waals surface area contributed by atoms with E-state index in [2.05, 4.69) is 4.99 Å². The quantitative estimate of drug-likeness (QED) is 0.425. The van der Waals surface area contributed by atoms with E-state index in [1.807, 2.05) is 11.9 Å². The van der Waals surface area contributed by atoms with Crippen molar-refractivity contribution >= 4 is 11.8 Å². The lowest BCUT2D eigenvalue weighted by molar-refractivity contribution is -0.138. The number of ether oxygens (including phenoxy) is 1. The summed E-state index contributed by atoms with van der Waals surface area (Å²) in [5, 5.41) is 9.46.